The predicted octanol–water partition coefficient (Wildman–Crippen LogP) is -1.02. The third-order valence-corrected chi connectivity index (χ3v) is 7.27. The van der Waals surface area contributed by atoms with E-state index in [1.165, 1.54) is 43.3 Å². The first-order chi connectivity index (χ1) is 20.9. The number of aromatic hydroxyl groups is 4. The van der Waals surface area contributed by atoms with E-state index < -0.39 is 79.7 Å². The highest BCUT2D eigenvalue weighted by atomic mass is 16.7. The van der Waals surface area contributed by atoms with Crippen molar-refractivity contribution in [2.24, 2.45) is 0 Å². The smallest absolute Gasteiger partial charge is 0.331 e. The van der Waals surface area contributed by atoms with Crippen LogP contribution in [0.5, 0.6) is 23.0 Å². The summed E-state index contributed by atoms with van der Waals surface area (Å²) < 4.78 is 28.2. The van der Waals surface area contributed by atoms with Crippen LogP contribution in [0.15, 0.2) is 42.5 Å². The average molecular weight is 625 g/mol. The number of carbonyl (C=O) groups excluding carboxylic acids is 1. The number of rotatable bonds is 10. The largest absolute Gasteiger partial charge is 0.504 e. The topological polar surface area (TPSA) is 245 Å². The van der Waals surface area contributed by atoms with Gasteiger partial charge in [-0.3, -0.25) is 0 Å². The minimum absolute atomic E-state index is 0.0754. The van der Waals surface area contributed by atoms with Crippen molar-refractivity contribution >= 4 is 12.0 Å². The van der Waals surface area contributed by atoms with Crippen LogP contribution >= 0.6 is 0 Å². The zero-order valence-corrected chi connectivity index (χ0v) is 23.5. The summed E-state index contributed by atoms with van der Waals surface area (Å²) in [6.45, 7) is 0.606. The third kappa shape index (κ3) is 7.76. The van der Waals surface area contributed by atoms with Gasteiger partial charge >= 0.3 is 5.97 Å². The number of hydrogen-bond acceptors (Lipinski definition) is 15. The minimum Gasteiger partial charge on any atom is -0.504 e. The Hall–Kier alpha value is -3.51. The number of carbonyl (C=O) groups is 1. The van der Waals surface area contributed by atoms with Crippen molar-refractivity contribution in [3.05, 3.63) is 53.6 Å². The molecule has 4 rings (SSSR count). The van der Waals surface area contributed by atoms with Crippen molar-refractivity contribution in [1.82, 2.24) is 0 Å². The summed E-state index contributed by atoms with van der Waals surface area (Å²) in [7, 11) is 0. The van der Waals surface area contributed by atoms with E-state index in [0.29, 0.717) is 11.1 Å². The lowest BCUT2D eigenvalue weighted by atomic mass is 9.97. The Bertz CT molecular complexity index is 1300. The number of hydrogen-bond donors (Lipinski definition) is 9. The van der Waals surface area contributed by atoms with E-state index in [4.69, 9.17) is 23.7 Å². The van der Waals surface area contributed by atoms with E-state index in [1.54, 1.807) is 6.07 Å². The molecule has 0 saturated carbocycles. The monoisotopic (exact) mass is 624 g/mol. The lowest BCUT2D eigenvalue weighted by molar-refractivity contribution is -0.357. The molecule has 0 aliphatic carbocycles. The standard InChI is InChI=1S/C29H36O15/c1-13-22(36)23(37)24(38)29(41-13)44-27-25(39)28(40-9-8-15-3-6-17(32)19(34)11-15)42-20(12-30)26(27)43-21(35)7-4-14-2-5-16(31)18(33)10-14/h2-7,10-11,13,20,22-34,36-39H,8-9,12H2,1H3/b7-4-/t13-,20-,22-,23-,24-,25-,26-,27+,28-,29+/m1/s1. The van der Waals surface area contributed by atoms with Crippen molar-refractivity contribution < 1.29 is 74.4 Å². The van der Waals surface area contributed by atoms with E-state index in [0.717, 1.165) is 6.08 Å². The molecule has 0 bridgehead atoms. The van der Waals surface area contributed by atoms with E-state index in [-0.39, 0.29) is 30.3 Å². The first-order valence-corrected chi connectivity index (χ1v) is 13.7. The van der Waals surface area contributed by atoms with Gasteiger partial charge in [-0.05, 0) is 54.8 Å². The molecule has 9 N–H and O–H groups in total. The summed E-state index contributed by atoms with van der Waals surface area (Å²) in [5.41, 5.74) is 0.914. The molecule has 0 amide bonds. The number of aliphatic hydroxyl groups is 5. The van der Waals surface area contributed by atoms with Gasteiger partial charge in [0.2, 0.25) is 0 Å². The molecule has 2 fully saturated rings. The Labute approximate surface area is 251 Å². The summed E-state index contributed by atoms with van der Waals surface area (Å²) in [5, 5.41) is 90.5. The van der Waals surface area contributed by atoms with Gasteiger partial charge in [0.05, 0.1) is 19.3 Å². The molecule has 15 nitrogen and oxygen atoms in total. The average Bonchev–Trinajstić information content (AvgIpc) is 2.99. The fourth-order valence-electron chi connectivity index (χ4n) is 4.76. The number of esters is 1. The molecule has 2 saturated heterocycles. The van der Waals surface area contributed by atoms with Crippen LogP contribution in [0.1, 0.15) is 18.1 Å². The molecular formula is C29H36O15. The Morgan fingerprint density at radius 2 is 1.50 bits per heavy atom. The second-order valence-electron chi connectivity index (χ2n) is 10.4. The molecule has 10 atom stereocenters. The van der Waals surface area contributed by atoms with Crippen molar-refractivity contribution in [2.45, 2.75) is 74.8 Å². The zero-order valence-electron chi connectivity index (χ0n) is 23.5. The Balaban J connectivity index is 1.52. The second kappa shape index (κ2) is 14.5. The highest BCUT2D eigenvalue weighted by Gasteiger charge is 2.52. The van der Waals surface area contributed by atoms with Crippen LogP contribution in [-0.4, -0.2) is 127 Å². The van der Waals surface area contributed by atoms with Crippen molar-refractivity contribution in [2.75, 3.05) is 13.2 Å². The lowest BCUT2D eigenvalue weighted by Gasteiger charge is -2.46. The van der Waals surface area contributed by atoms with Gasteiger partial charge < -0.3 is 69.6 Å². The van der Waals surface area contributed by atoms with Crippen molar-refractivity contribution in [1.29, 1.82) is 0 Å². The van der Waals surface area contributed by atoms with Crippen molar-refractivity contribution in [3.63, 3.8) is 0 Å². The summed E-state index contributed by atoms with van der Waals surface area (Å²) in [6.07, 6.45) is -12.6. The SMILES string of the molecule is C[C@H]1O[C@@H](O[C@H]2[C@@H](O)[C@H](OCCc3ccc(O)c(O)c3)O[C@H](CO)[C@H]2OC(=O)/C=C\c2ccc(O)c(O)c2)[C@H](O)[C@H](O)[C@@H]1O. The molecule has 15 heteroatoms. The van der Waals surface area contributed by atoms with Crippen LogP contribution in [0.2, 0.25) is 0 Å². The van der Waals surface area contributed by atoms with Gasteiger partial charge in [-0.2, -0.15) is 0 Å². The number of phenols is 4. The maximum atomic E-state index is 12.8. The molecule has 2 aromatic carbocycles. The van der Waals surface area contributed by atoms with E-state index >= 15 is 0 Å². The van der Waals surface area contributed by atoms with Gasteiger partial charge in [0.25, 0.3) is 0 Å². The van der Waals surface area contributed by atoms with E-state index in [2.05, 4.69) is 0 Å². The zero-order chi connectivity index (χ0) is 32.1. The summed E-state index contributed by atoms with van der Waals surface area (Å²) in [6, 6.07) is 7.98. The van der Waals surface area contributed by atoms with Gasteiger partial charge in [-0.25, -0.2) is 4.79 Å². The molecule has 2 aromatic rings. The first-order valence-electron chi connectivity index (χ1n) is 13.7. The van der Waals surface area contributed by atoms with Crippen LogP contribution in [0.25, 0.3) is 6.08 Å². The lowest BCUT2D eigenvalue weighted by Crippen LogP contribution is -2.65. The van der Waals surface area contributed by atoms with Crippen LogP contribution in [-0.2, 0) is 34.9 Å². The Kier molecular flexibility index (Phi) is 11.0. The number of ether oxygens (including phenoxy) is 5. The minimum atomic E-state index is -1.77. The molecule has 0 spiro atoms. The summed E-state index contributed by atoms with van der Waals surface area (Å²) >= 11 is 0. The van der Waals surface area contributed by atoms with Crippen molar-refractivity contribution in [3.8, 4) is 23.0 Å². The first kappa shape index (κ1) is 33.4. The highest BCUT2D eigenvalue weighted by molar-refractivity contribution is 5.87. The molecule has 2 aliphatic rings. The van der Waals surface area contributed by atoms with Crippen LogP contribution in [0.4, 0.5) is 0 Å². The molecule has 2 heterocycles. The second-order valence-corrected chi connectivity index (χ2v) is 10.4. The molecule has 2 aliphatic heterocycles. The van der Waals surface area contributed by atoms with Crippen LogP contribution in [0, 0.1) is 0 Å². The van der Waals surface area contributed by atoms with Crippen LogP contribution in [0.3, 0.4) is 0 Å². The number of aliphatic hydroxyl groups excluding tert-OH is 5. The van der Waals surface area contributed by atoms with E-state index in [1.807, 2.05) is 0 Å². The van der Waals surface area contributed by atoms with Gasteiger partial charge in [-0.15, -0.1) is 0 Å². The normalized spacial score (nSPS) is 32.5. The van der Waals surface area contributed by atoms with Gasteiger partial charge in [0.1, 0.15) is 36.6 Å². The number of phenolic OH excluding ortho intramolecular Hbond substituents is 4. The molecule has 0 aromatic heterocycles. The van der Waals surface area contributed by atoms with Gasteiger partial charge in [0, 0.05) is 6.08 Å². The van der Waals surface area contributed by atoms with Gasteiger partial charge in [0.15, 0.2) is 41.7 Å². The van der Waals surface area contributed by atoms with Crippen LogP contribution < -0.4 is 0 Å². The molecule has 44 heavy (non-hydrogen) atoms. The van der Waals surface area contributed by atoms with Gasteiger partial charge in [-0.1, -0.05) is 12.1 Å². The Morgan fingerprint density at radius 1 is 0.818 bits per heavy atom. The fourth-order valence-corrected chi connectivity index (χ4v) is 4.76. The number of benzene rings is 2. The fraction of sp³-hybridized carbons (Fsp3) is 0.483. The Morgan fingerprint density at radius 3 is 2.16 bits per heavy atom. The summed E-state index contributed by atoms with van der Waals surface area (Å²) in [5.74, 6) is -2.40. The third-order valence-electron chi connectivity index (χ3n) is 7.27. The van der Waals surface area contributed by atoms with E-state index in [9.17, 15) is 50.8 Å². The molecule has 0 unspecified atom stereocenters. The predicted molar refractivity (Wildman–Crippen MR) is 147 cm³/mol. The summed E-state index contributed by atoms with van der Waals surface area (Å²) in [4.78, 5) is 12.8. The quantitative estimate of drug-likeness (QED) is 0.0873. The highest BCUT2D eigenvalue weighted by Crippen LogP contribution is 2.32. The molecule has 242 valence electrons. The molecule has 0 radical (unpaired) electrons. The maximum Gasteiger partial charge on any atom is 0.331 e. The maximum absolute atomic E-state index is 12.8. The molecular weight excluding hydrogens is 588 g/mol.